The summed E-state index contributed by atoms with van der Waals surface area (Å²) in [4.78, 5) is 4.22. The van der Waals surface area contributed by atoms with E-state index >= 15 is 0 Å². The zero-order chi connectivity index (χ0) is 15.1. The van der Waals surface area contributed by atoms with Crippen LogP contribution in [-0.4, -0.2) is 19.9 Å². The number of hydrogen-bond acceptors (Lipinski definition) is 4. The van der Waals surface area contributed by atoms with Gasteiger partial charge >= 0.3 is 0 Å². The van der Waals surface area contributed by atoms with Crippen molar-refractivity contribution in [3.8, 4) is 11.8 Å². The molecule has 1 aromatic heterocycles. The quantitative estimate of drug-likeness (QED) is 0.821. The van der Waals surface area contributed by atoms with Gasteiger partial charge in [-0.2, -0.15) is 0 Å². The molecule has 0 aliphatic rings. The molecule has 0 saturated carbocycles. The molecule has 0 atom stereocenters. The lowest BCUT2D eigenvalue weighted by Gasteiger charge is -2.08. The van der Waals surface area contributed by atoms with Crippen LogP contribution >= 0.6 is 0 Å². The predicted molar refractivity (Wildman–Crippen MR) is 80.6 cm³/mol. The minimum absolute atomic E-state index is 0.127. The molecule has 0 radical (unpaired) electrons. The van der Waals surface area contributed by atoms with Crippen LogP contribution in [-0.2, 0) is 16.6 Å². The summed E-state index contributed by atoms with van der Waals surface area (Å²) in [7, 11) is -3.65. The van der Waals surface area contributed by atoms with Crippen LogP contribution in [0.1, 0.15) is 11.3 Å². The Morgan fingerprint density at radius 1 is 1.14 bits per heavy atom. The van der Waals surface area contributed by atoms with Gasteiger partial charge in [-0.25, -0.2) is 13.1 Å². The Hall–Kier alpha value is -2.20. The zero-order valence-electron chi connectivity index (χ0n) is 11.3. The van der Waals surface area contributed by atoms with Gasteiger partial charge in [-0.05, 0) is 24.3 Å². The number of hydrogen-bond donors (Lipinski definition) is 2. The SMILES string of the molecule is NCC#Cc1ccccc1S(=O)(=O)NCc1ccccn1. The van der Waals surface area contributed by atoms with Crippen molar-refractivity contribution in [3.05, 3.63) is 59.9 Å². The van der Waals surface area contributed by atoms with Crippen LogP contribution in [0.4, 0.5) is 0 Å². The monoisotopic (exact) mass is 301 g/mol. The Kier molecular flexibility index (Phi) is 5.06. The van der Waals surface area contributed by atoms with Crippen molar-refractivity contribution in [2.24, 2.45) is 5.73 Å². The highest BCUT2D eigenvalue weighted by Crippen LogP contribution is 2.14. The van der Waals surface area contributed by atoms with Crippen molar-refractivity contribution in [2.45, 2.75) is 11.4 Å². The average molecular weight is 301 g/mol. The van der Waals surface area contributed by atoms with Gasteiger partial charge in [0.15, 0.2) is 0 Å². The summed E-state index contributed by atoms with van der Waals surface area (Å²) in [6.45, 7) is 0.303. The van der Waals surface area contributed by atoms with Crippen molar-refractivity contribution in [2.75, 3.05) is 6.54 Å². The maximum absolute atomic E-state index is 12.4. The molecule has 0 aliphatic carbocycles. The summed E-state index contributed by atoms with van der Waals surface area (Å²) in [6, 6.07) is 11.9. The van der Waals surface area contributed by atoms with Crippen molar-refractivity contribution >= 4 is 10.0 Å². The molecule has 0 spiro atoms. The lowest BCUT2D eigenvalue weighted by atomic mass is 10.2. The molecule has 21 heavy (non-hydrogen) atoms. The van der Waals surface area contributed by atoms with E-state index in [1.54, 1.807) is 42.6 Å². The van der Waals surface area contributed by atoms with Gasteiger partial charge in [0.05, 0.1) is 23.7 Å². The molecule has 0 bridgehead atoms. The first-order valence-corrected chi connectivity index (χ1v) is 7.79. The van der Waals surface area contributed by atoms with Crippen LogP contribution in [0.25, 0.3) is 0 Å². The highest BCUT2D eigenvalue weighted by molar-refractivity contribution is 7.89. The molecule has 108 valence electrons. The third kappa shape index (κ3) is 4.13. The highest BCUT2D eigenvalue weighted by atomic mass is 32.2. The summed E-state index contributed by atoms with van der Waals surface area (Å²) in [5.74, 6) is 5.43. The molecule has 2 aromatic rings. The van der Waals surface area contributed by atoms with Crippen LogP contribution in [0.3, 0.4) is 0 Å². The third-order valence-corrected chi connectivity index (χ3v) is 4.13. The van der Waals surface area contributed by atoms with Crippen molar-refractivity contribution in [3.63, 3.8) is 0 Å². The fourth-order valence-electron chi connectivity index (χ4n) is 1.70. The lowest BCUT2D eigenvalue weighted by Crippen LogP contribution is -2.24. The van der Waals surface area contributed by atoms with Gasteiger partial charge in [-0.1, -0.05) is 30.0 Å². The molecule has 0 amide bonds. The number of rotatable bonds is 4. The number of benzene rings is 1. The second-order valence-electron chi connectivity index (χ2n) is 4.15. The van der Waals surface area contributed by atoms with E-state index < -0.39 is 10.0 Å². The van der Waals surface area contributed by atoms with Gasteiger partial charge in [-0.15, -0.1) is 0 Å². The van der Waals surface area contributed by atoms with Gasteiger partial charge in [0.1, 0.15) is 0 Å². The molecule has 2 rings (SSSR count). The summed E-state index contributed by atoms with van der Waals surface area (Å²) < 4.78 is 27.2. The van der Waals surface area contributed by atoms with E-state index in [1.807, 2.05) is 0 Å². The Morgan fingerprint density at radius 3 is 2.62 bits per heavy atom. The molecule has 0 aliphatic heterocycles. The Labute approximate surface area is 124 Å². The molecule has 3 N–H and O–H groups in total. The van der Waals surface area contributed by atoms with Gasteiger partial charge in [-0.3, -0.25) is 4.98 Å². The van der Waals surface area contributed by atoms with Crippen LogP contribution < -0.4 is 10.5 Å². The molecule has 1 aromatic carbocycles. The largest absolute Gasteiger partial charge is 0.320 e. The standard InChI is InChI=1S/C15H15N3O2S/c16-10-5-7-13-6-1-2-9-15(13)21(19,20)18-12-14-8-3-4-11-17-14/h1-4,6,8-9,11,18H,10,12,16H2. The number of pyridine rings is 1. The van der Waals surface area contributed by atoms with Crippen LogP contribution in [0.5, 0.6) is 0 Å². The van der Waals surface area contributed by atoms with Gasteiger partial charge in [0, 0.05) is 11.8 Å². The molecule has 0 saturated heterocycles. The van der Waals surface area contributed by atoms with Crippen molar-refractivity contribution < 1.29 is 8.42 Å². The number of nitrogens with one attached hydrogen (secondary N) is 1. The summed E-state index contributed by atoms with van der Waals surface area (Å²) in [5.41, 5.74) is 6.40. The van der Waals surface area contributed by atoms with Crippen LogP contribution in [0.2, 0.25) is 0 Å². The molecule has 5 nitrogen and oxygen atoms in total. The Balaban J connectivity index is 2.24. The summed E-state index contributed by atoms with van der Waals surface area (Å²) in [5, 5.41) is 0. The normalized spacial score (nSPS) is 10.7. The van der Waals surface area contributed by atoms with Gasteiger partial charge < -0.3 is 5.73 Å². The van der Waals surface area contributed by atoms with E-state index in [0.29, 0.717) is 11.3 Å². The van der Waals surface area contributed by atoms with E-state index in [9.17, 15) is 8.42 Å². The zero-order valence-corrected chi connectivity index (χ0v) is 12.1. The maximum Gasteiger partial charge on any atom is 0.242 e. The number of aromatic nitrogens is 1. The first-order valence-electron chi connectivity index (χ1n) is 6.31. The van der Waals surface area contributed by atoms with E-state index in [4.69, 9.17) is 5.73 Å². The number of nitrogens with zero attached hydrogens (tertiary/aromatic N) is 1. The molecule has 6 heteroatoms. The van der Waals surface area contributed by atoms with Crippen LogP contribution in [0.15, 0.2) is 53.6 Å². The van der Waals surface area contributed by atoms with Gasteiger partial charge in [0.25, 0.3) is 0 Å². The summed E-state index contributed by atoms with van der Waals surface area (Å²) in [6.07, 6.45) is 1.62. The van der Waals surface area contributed by atoms with Crippen molar-refractivity contribution in [1.29, 1.82) is 0 Å². The second-order valence-corrected chi connectivity index (χ2v) is 5.88. The minimum atomic E-state index is -3.65. The lowest BCUT2D eigenvalue weighted by molar-refractivity contribution is 0.580. The van der Waals surface area contributed by atoms with E-state index in [-0.39, 0.29) is 18.0 Å². The fraction of sp³-hybridized carbons (Fsp3) is 0.133. The third-order valence-electron chi connectivity index (χ3n) is 2.67. The summed E-state index contributed by atoms with van der Waals surface area (Å²) >= 11 is 0. The first kappa shape index (κ1) is 15.2. The fourth-order valence-corrected chi connectivity index (χ4v) is 2.86. The Bertz CT molecular complexity index is 762. The molecule has 1 heterocycles. The first-order chi connectivity index (χ1) is 10.1. The molecular weight excluding hydrogens is 286 g/mol. The minimum Gasteiger partial charge on any atom is -0.320 e. The topological polar surface area (TPSA) is 85.1 Å². The number of nitrogens with two attached hydrogens (primary N) is 1. The Morgan fingerprint density at radius 2 is 1.90 bits per heavy atom. The van der Waals surface area contributed by atoms with Crippen molar-refractivity contribution in [1.82, 2.24) is 9.71 Å². The number of sulfonamides is 1. The highest BCUT2D eigenvalue weighted by Gasteiger charge is 2.17. The maximum atomic E-state index is 12.4. The average Bonchev–Trinajstić information content (AvgIpc) is 2.52. The predicted octanol–water partition coefficient (Wildman–Crippen LogP) is 0.870. The molecule has 0 fully saturated rings. The van der Waals surface area contributed by atoms with Gasteiger partial charge in [0.2, 0.25) is 10.0 Å². The van der Waals surface area contributed by atoms with E-state index in [0.717, 1.165) is 0 Å². The molecule has 0 unspecified atom stereocenters. The van der Waals surface area contributed by atoms with E-state index in [1.165, 1.54) is 6.07 Å². The molecular formula is C15H15N3O2S. The smallest absolute Gasteiger partial charge is 0.242 e. The van der Waals surface area contributed by atoms with Crippen LogP contribution in [0, 0.1) is 11.8 Å². The van der Waals surface area contributed by atoms with E-state index in [2.05, 4.69) is 21.5 Å². The second kappa shape index (κ2) is 6.99.